The molecule has 0 radical (unpaired) electrons. The summed E-state index contributed by atoms with van der Waals surface area (Å²) in [6.45, 7) is 2.97. The maximum absolute atomic E-state index is 12.6. The molecular weight excluding hydrogens is 429 g/mol. The molecule has 3 aromatic rings. The molecule has 0 amide bonds. The number of halogens is 2. The third-order valence-electron chi connectivity index (χ3n) is 4.06. The monoisotopic (exact) mass is 443 g/mol. The molecule has 1 saturated heterocycles. The molecular formula is C17H15Cl2N3O3S2. The zero-order valence-electron chi connectivity index (χ0n) is 14.0. The van der Waals surface area contributed by atoms with E-state index >= 15 is 0 Å². The Hall–Kier alpha value is -1.58. The van der Waals surface area contributed by atoms with Crippen LogP contribution in [0.3, 0.4) is 0 Å². The van der Waals surface area contributed by atoms with Crippen LogP contribution < -0.4 is 9.62 Å². The van der Waals surface area contributed by atoms with Crippen molar-refractivity contribution in [1.29, 1.82) is 0 Å². The molecule has 2 aromatic carbocycles. The third-order valence-corrected chi connectivity index (χ3v) is 6.93. The number of ether oxygens (including phenoxy) is 1. The number of benzene rings is 2. The first-order valence-electron chi connectivity index (χ1n) is 8.13. The zero-order chi connectivity index (χ0) is 19.0. The van der Waals surface area contributed by atoms with Crippen LogP contribution in [-0.4, -0.2) is 39.7 Å². The van der Waals surface area contributed by atoms with E-state index in [1.807, 2.05) is 0 Å². The van der Waals surface area contributed by atoms with Gasteiger partial charge in [-0.25, -0.2) is 13.4 Å². The SMILES string of the molecule is O=S(=O)(Nc1ccc2nc(N3CCOCC3)sc2c1)c1cc(Cl)cc(Cl)c1. The molecule has 1 fully saturated rings. The van der Waals surface area contributed by atoms with E-state index in [4.69, 9.17) is 27.9 Å². The van der Waals surface area contributed by atoms with Gasteiger partial charge in [0.1, 0.15) is 0 Å². The van der Waals surface area contributed by atoms with E-state index in [2.05, 4.69) is 14.6 Å². The molecule has 10 heteroatoms. The third kappa shape index (κ3) is 4.14. The average Bonchev–Trinajstić information content (AvgIpc) is 3.05. The minimum Gasteiger partial charge on any atom is -0.378 e. The molecule has 1 N–H and O–H groups in total. The Labute approximate surface area is 170 Å². The van der Waals surface area contributed by atoms with Gasteiger partial charge in [0, 0.05) is 23.1 Å². The summed E-state index contributed by atoms with van der Waals surface area (Å²) in [5.41, 5.74) is 1.28. The van der Waals surface area contributed by atoms with Crippen molar-refractivity contribution in [3.63, 3.8) is 0 Å². The van der Waals surface area contributed by atoms with Crippen LogP contribution in [-0.2, 0) is 14.8 Å². The van der Waals surface area contributed by atoms with E-state index in [1.165, 1.54) is 29.5 Å². The van der Waals surface area contributed by atoms with Crippen molar-refractivity contribution in [3.8, 4) is 0 Å². The van der Waals surface area contributed by atoms with Crippen molar-refractivity contribution in [2.24, 2.45) is 0 Å². The van der Waals surface area contributed by atoms with Gasteiger partial charge < -0.3 is 9.64 Å². The number of anilines is 2. The number of hydrogen-bond acceptors (Lipinski definition) is 6. The summed E-state index contributed by atoms with van der Waals surface area (Å²) < 4.78 is 34.1. The van der Waals surface area contributed by atoms with Crippen molar-refractivity contribution in [1.82, 2.24) is 4.98 Å². The second kappa shape index (κ2) is 7.44. The van der Waals surface area contributed by atoms with Gasteiger partial charge in [-0.2, -0.15) is 0 Å². The Balaban J connectivity index is 1.61. The molecule has 27 heavy (non-hydrogen) atoms. The molecule has 2 heterocycles. The highest BCUT2D eigenvalue weighted by molar-refractivity contribution is 7.92. The van der Waals surface area contributed by atoms with Crippen molar-refractivity contribution in [2.75, 3.05) is 35.9 Å². The van der Waals surface area contributed by atoms with Crippen LogP contribution in [0, 0.1) is 0 Å². The minimum absolute atomic E-state index is 0.0124. The van der Waals surface area contributed by atoms with Crippen molar-refractivity contribution in [2.45, 2.75) is 4.90 Å². The highest BCUT2D eigenvalue weighted by Gasteiger charge is 2.18. The van der Waals surface area contributed by atoms with Crippen molar-refractivity contribution >= 4 is 65.6 Å². The summed E-state index contributed by atoms with van der Waals surface area (Å²) in [6.07, 6.45) is 0. The van der Waals surface area contributed by atoms with Gasteiger partial charge in [-0.15, -0.1) is 0 Å². The Morgan fingerprint density at radius 3 is 2.48 bits per heavy atom. The molecule has 0 spiro atoms. The number of morpholine rings is 1. The van der Waals surface area contributed by atoms with Gasteiger partial charge in [0.2, 0.25) is 0 Å². The molecule has 0 atom stereocenters. The fraction of sp³-hybridized carbons (Fsp3) is 0.235. The summed E-state index contributed by atoms with van der Waals surface area (Å²) in [6, 6.07) is 9.47. The molecule has 0 unspecified atom stereocenters. The maximum atomic E-state index is 12.6. The number of thiazole rings is 1. The summed E-state index contributed by atoms with van der Waals surface area (Å²) >= 11 is 13.4. The van der Waals surface area contributed by atoms with Gasteiger partial charge in [0.05, 0.1) is 34.0 Å². The van der Waals surface area contributed by atoms with E-state index in [0.29, 0.717) is 18.9 Å². The standard InChI is InChI=1S/C17H15Cl2N3O3S2/c18-11-7-12(19)9-14(8-11)27(23,24)21-13-1-2-15-16(10-13)26-17(20-15)22-3-5-25-6-4-22/h1-2,7-10,21H,3-6H2. The Bertz CT molecular complexity index is 1080. The predicted molar refractivity (Wildman–Crippen MR) is 110 cm³/mol. The average molecular weight is 444 g/mol. The number of nitrogens with one attached hydrogen (secondary N) is 1. The molecule has 0 bridgehead atoms. The Morgan fingerprint density at radius 1 is 1.07 bits per heavy atom. The summed E-state index contributed by atoms with van der Waals surface area (Å²) in [7, 11) is -3.80. The maximum Gasteiger partial charge on any atom is 0.261 e. The lowest BCUT2D eigenvalue weighted by atomic mass is 10.3. The molecule has 6 nitrogen and oxygen atoms in total. The van der Waals surface area contributed by atoms with Crippen molar-refractivity contribution in [3.05, 3.63) is 46.4 Å². The van der Waals surface area contributed by atoms with E-state index in [1.54, 1.807) is 18.2 Å². The van der Waals surface area contributed by atoms with Crippen LogP contribution in [0.2, 0.25) is 10.0 Å². The molecule has 1 aromatic heterocycles. The van der Waals surface area contributed by atoms with E-state index in [9.17, 15) is 8.42 Å². The van der Waals surface area contributed by atoms with Crippen molar-refractivity contribution < 1.29 is 13.2 Å². The molecule has 1 aliphatic rings. The normalized spacial score (nSPS) is 15.3. The molecule has 4 rings (SSSR count). The second-order valence-corrected chi connectivity index (χ2v) is 9.55. The molecule has 1 aliphatic heterocycles. The Morgan fingerprint density at radius 2 is 1.78 bits per heavy atom. The first-order chi connectivity index (χ1) is 12.9. The number of fused-ring (bicyclic) bond motifs is 1. The smallest absolute Gasteiger partial charge is 0.261 e. The van der Waals surface area contributed by atoms with Gasteiger partial charge in [0.15, 0.2) is 5.13 Å². The highest BCUT2D eigenvalue weighted by Crippen LogP contribution is 2.32. The first-order valence-corrected chi connectivity index (χ1v) is 11.2. The van der Waals surface area contributed by atoms with Crippen LogP contribution in [0.4, 0.5) is 10.8 Å². The van der Waals surface area contributed by atoms with Gasteiger partial charge in [-0.3, -0.25) is 4.72 Å². The molecule has 0 saturated carbocycles. The fourth-order valence-electron chi connectivity index (χ4n) is 2.76. The first kappa shape index (κ1) is 18.8. The van der Waals surface area contributed by atoms with E-state index in [-0.39, 0.29) is 14.9 Å². The van der Waals surface area contributed by atoms with Gasteiger partial charge in [0.25, 0.3) is 10.0 Å². The number of hydrogen-bond donors (Lipinski definition) is 1. The number of sulfonamides is 1. The minimum atomic E-state index is -3.80. The number of aromatic nitrogens is 1. The van der Waals surface area contributed by atoms with Gasteiger partial charge in [-0.1, -0.05) is 34.5 Å². The zero-order valence-corrected chi connectivity index (χ0v) is 17.1. The largest absolute Gasteiger partial charge is 0.378 e. The predicted octanol–water partition coefficient (Wildman–Crippen LogP) is 4.24. The Kier molecular flexibility index (Phi) is 5.17. The highest BCUT2D eigenvalue weighted by atomic mass is 35.5. The van der Waals surface area contributed by atoms with E-state index < -0.39 is 10.0 Å². The second-order valence-electron chi connectivity index (χ2n) is 5.99. The lowest BCUT2D eigenvalue weighted by Gasteiger charge is -2.25. The lowest BCUT2D eigenvalue weighted by Crippen LogP contribution is -2.36. The lowest BCUT2D eigenvalue weighted by molar-refractivity contribution is 0.122. The summed E-state index contributed by atoms with van der Waals surface area (Å²) in [5, 5.41) is 1.43. The van der Waals surface area contributed by atoms with Crippen LogP contribution in [0.25, 0.3) is 10.2 Å². The van der Waals surface area contributed by atoms with Crippen LogP contribution in [0.15, 0.2) is 41.3 Å². The summed E-state index contributed by atoms with van der Waals surface area (Å²) in [5.74, 6) is 0. The molecule has 142 valence electrons. The van der Waals surface area contributed by atoms with Gasteiger partial charge in [-0.05, 0) is 36.4 Å². The van der Waals surface area contributed by atoms with Crippen LogP contribution >= 0.6 is 34.5 Å². The number of rotatable bonds is 4. The molecule has 0 aliphatic carbocycles. The summed E-state index contributed by atoms with van der Waals surface area (Å²) in [4.78, 5) is 6.82. The quantitative estimate of drug-likeness (QED) is 0.652. The van der Waals surface area contributed by atoms with Gasteiger partial charge >= 0.3 is 0 Å². The van der Waals surface area contributed by atoms with Crippen LogP contribution in [0.5, 0.6) is 0 Å². The topological polar surface area (TPSA) is 71.5 Å². The fourth-order valence-corrected chi connectivity index (χ4v) is 5.59. The number of nitrogens with zero attached hydrogens (tertiary/aromatic N) is 2. The van der Waals surface area contributed by atoms with E-state index in [0.717, 1.165) is 28.4 Å². The van der Waals surface area contributed by atoms with Crippen LogP contribution in [0.1, 0.15) is 0 Å².